The maximum absolute atomic E-state index is 9.10. The van der Waals surface area contributed by atoms with Gasteiger partial charge in [0.1, 0.15) is 0 Å². The molecule has 1 aromatic carbocycles. The van der Waals surface area contributed by atoms with Crippen LogP contribution in [0.25, 0.3) is 0 Å². The van der Waals surface area contributed by atoms with Crippen molar-refractivity contribution in [2.45, 2.75) is 26.3 Å². The van der Waals surface area contributed by atoms with Crippen molar-refractivity contribution in [3.8, 4) is 6.07 Å². The molecule has 1 aliphatic rings. The lowest BCUT2D eigenvalue weighted by atomic mass is 9.95. The maximum Gasteiger partial charge on any atom is 0.0641 e. The molecule has 1 N–H and O–H groups in total. The Kier molecular flexibility index (Phi) is 8.84. The Morgan fingerprint density at radius 2 is 1.90 bits per heavy atom. The second kappa shape index (κ2) is 9.20. The average Bonchev–Trinajstić information content (AvgIpc) is 2.40. The van der Waals surface area contributed by atoms with Crippen LogP contribution in [0.3, 0.4) is 0 Å². The summed E-state index contributed by atoms with van der Waals surface area (Å²) in [6.45, 7) is 8.35. The van der Waals surface area contributed by atoms with Gasteiger partial charge in [0.15, 0.2) is 0 Å². The molecule has 0 bridgehead atoms. The number of benzene rings is 1. The van der Waals surface area contributed by atoms with Gasteiger partial charge in [0.2, 0.25) is 0 Å². The first-order chi connectivity index (χ1) is 8.72. The highest BCUT2D eigenvalue weighted by Gasteiger charge is 2.23. The van der Waals surface area contributed by atoms with E-state index in [1.165, 1.54) is 16.7 Å². The molecule has 1 aliphatic heterocycles. The third kappa shape index (κ3) is 4.64. The lowest BCUT2D eigenvalue weighted by Gasteiger charge is -2.34. The molecule has 0 amide bonds. The summed E-state index contributed by atoms with van der Waals surface area (Å²) in [4.78, 5) is 2.43. The van der Waals surface area contributed by atoms with Crippen molar-refractivity contribution in [1.82, 2.24) is 10.2 Å². The predicted octanol–water partition coefficient (Wildman–Crippen LogP) is 3.01. The fourth-order valence-electron chi connectivity index (χ4n) is 2.63. The lowest BCUT2D eigenvalue weighted by Crippen LogP contribution is -2.45. The summed E-state index contributed by atoms with van der Waals surface area (Å²) >= 11 is 0. The van der Waals surface area contributed by atoms with Crippen LogP contribution >= 0.6 is 24.8 Å². The van der Waals surface area contributed by atoms with Crippen LogP contribution in [0.2, 0.25) is 0 Å². The zero-order chi connectivity index (χ0) is 13.0. The zero-order valence-corrected chi connectivity index (χ0v) is 13.7. The zero-order valence-electron chi connectivity index (χ0n) is 12.1. The fourth-order valence-corrected chi connectivity index (χ4v) is 2.63. The van der Waals surface area contributed by atoms with E-state index in [9.17, 15) is 0 Å². The van der Waals surface area contributed by atoms with E-state index in [0.29, 0.717) is 6.42 Å². The number of aryl methyl sites for hydroxylation is 2. The minimum absolute atomic E-state index is 0. The number of hydrogen-bond acceptors (Lipinski definition) is 3. The van der Waals surface area contributed by atoms with Crippen molar-refractivity contribution in [2.24, 2.45) is 0 Å². The first-order valence-electron chi connectivity index (χ1n) is 6.61. The highest BCUT2D eigenvalue weighted by atomic mass is 35.5. The van der Waals surface area contributed by atoms with Crippen LogP contribution in [0, 0.1) is 25.2 Å². The Morgan fingerprint density at radius 1 is 1.25 bits per heavy atom. The van der Waals surface area contributed by atoms with Crippen molar-refractivity contribution >= 4 is 24.8 Å². The number of hydrogen-bond donors (Lipinski definition) is 1. The molecule has 0 aromatic heterocycles. The van der Waals surface area contributed by atoms with Gasteiger partial charge >= 0.3 is 0 Å². The Balaban J connectivity index is 0.00000180. The summed E-state index contributed by atoms with van der Waals surface area (Å²) in [6, 6.07) is 9.13. The van der Waals surface area contributed by atoms with E-state index in [0.717, 1.165) is 26.2 Å². The van der Waals surface area contributed by atoms with Crippen molar-refractivity contribution in [3.05, 3.63) is 34.9 Å². The highest BCUT2D eigenvalue weighted by molar-refractivity contribution is 5.85. The van der Waals surface area contributed by atoms with Gasteiger partial charge in [0.25, 0.3) is 0 Å². The van der Waals surface area contributed by atoms with Gasteiger partial charge in [-0.1, -0.05) is 23.8 Å². The van der Waals surface area contributed by atoms with Crippen molar-refractivity contribution in [3.63, 3.8) is 0 Å². The number of nitrogens with zero attached hydrogens (tertiary/aromatic N) is 2. The van der Waals surface area contributed by atoms with E-state index in [-0.39, 0.29) is 30.9 Å². The molecule has 0 aliphatic carbocycles. The SMILES string of the molecule is Cc1ccc(C)c([C@@H](CC#N)N2CCNCC2)c1.Cl.Cl. The van der Waals surface area contributed by atoms with Crippen LogP contribution < -0.4 is 5.32 Å². The first-order valence-corrected chi connectivity index (χ1v) is 6.61. The molecule has 0 spiro atoms. The molecule has 5 heteroatoms. The van der Waals surface area contributed by atoms with Gasteiger partial charge in [-0.15, -0.1) is 24.8 Å². The van der Waals surface area contributed by atoms with E-state index in [4.69, 9.17) is 5.26 Å². The molecule has 0 saturated carbocycles. The summed E-state index contributed by atoms with van der Waals surface area (Å²) in [5, 5.41) is 12.5. The molecule has 3 nitrogen and oxygen atoms in total. The number of nitrogens with one attached hydrogen (secondary N) is 1. The molecule has 20 heavy (non-hydrogen) atoms. The lowest BCUT2D eigenvalue weighted by molar-refractivity contribution is 0.175. The van der Waals surface area contributed by atoms with Crippen LogP contribution in [0.4, 0.5) is 0 Å². The first kappa shape index (κ1) is 19.2. The molecule has 2 rings (SSSR count). The van der Waals surface area contributed by atoms with Crippen LogP contribution in [0.15, 0.2) is 18.2 Å². The van der Waals surface area contributed by atoms with Gasteiger partial charge in [-0.25, -0.2) is 0 Å². The molecular weight excluding hydrogens is 293 g/mol. The van der Waals surface area contributed by atoms with E-state index in [1.807, 2.05) is 0 Å². The van der Waals surface area contributed by atoms with Gasteiger partial charge in [-0.3, -0.25) is 4.90 Å². The quantitative estimate of drug-likeness (QED) is 0.932. The fraction of sp³-hybridized carbons (Fsp3) is 0.533. The van der Waals surface area contributed by atoms with Crippen molar-refractivity contribution in [2.75, 3.05) is 26.2 Å². The topological polar surface area (TPSA) is 39.1 Å². The molecule has 0 unspecified atom stereocenters. The maximum atomic E-state index is 9.10. The van der Waals surface area contributed by atoms with Crippen molar-refractivity contribution in [1.29, 1.82) is 5.26 Å². The second-order valence-corrected chi connectivity index (χ2v) is 5.02. The smallest absolute Gasteiger partial charge is 0.0641 e. The largest absolute Gasteiger partial charge is 0.314 e. The monoisotopic (exact) mass is 315 g/mol. The molecule has 1 fully saturated rings. The number of nitriles is 1. The molecule has 1 aromatic rings. The summed E-state index contributed by atoms with van der Waals surface area (Å²) < 4.78 is 0. The Bertz CT molecular complexity index is 451. The van der Waals surface area contributed by atoms with E-state index >= 15 is 0 Å². The molecular formula is C15H23Cl2N3. The van der Waals surface area contributed by atoms with Crippen LogP contribution in [0.1, 0.15) is 29.2 Å². The minimum atomic E-state index is 0. The molecule has 1 atom stereocenters. The summed E-state index contributed by atoms with van der Waals surface area (Å²) in [7, 11) is 0. The van der Waals surface area contributed by atoms with Gasteiger partial charge in [-0.2, -0.15) is 5.26 Å². The van der Waals surface area contributed by atoms with Crippen LogP contribution in [0.5, 0.6) is 0 Å². The summed E-state index contributed by atoms with van der Waals surface area (Å²) in [5.74, 6) is 0. The Labute approximate surface area is 134 Å². The van der Waals surface area contributed by atoms with Gasteiger partial charge in [0, 0.05) is 32.2 Å². The second-order valence-electron chi connectivity index (χ2n) is 5.02. The van der Waals surface area contributed by atoms with E-state index in [1.54, 1.807) is 0 Å². The molecule has 1 saturated heterocycles. The van der Waals surface area contributed by atoms with E-state index in [2.05, 4.69) is 48.3 Å². The number of halogens is 2. The summed E-state index contributed by atoms with van der Waals surface area (Å²) in [6.07, 6.45) is 0.574. The average molecular weight is 316 g/mol. The third-order valence-corrected chi connectivity index (χ3v) is 3.67. The molecule has 0 radical (unpaired) electrons. The van der Waals surface area contributed by atoms with Gasteiger partial charge in [-0.05, 0) is 25.0 Å². The van der Waals surface area contributed by atoms with Crippen molar-refractivity contribution < 1.29 is 0 Å². The third-order valence-electron chi connectivity index (χ3n) is 3.67. The normalized spacial score (nSPS) is 16.4. The van der Waals surface area contributed by atoms with Gasteiger partial charge in [0.05, 0.1) is 12.5 Å². The highest BCUT2D eigenvalue weighted by Crippen LogP contribution is 2.27. The Hall–Kier alpha value is -0.790. The predicted molar refractivity (Wildman–Crippen MR) is 87.8 cm³/mol. The van der Waals surface area contributed by atoms with Crippen LogP contribution in [-0.2, 0) is 0 Å². The van der Waals surface area contributed by atoms with E-state index < -0.39 is 0 Å². The van der Waals surface area contributed by atoms with Gasteiger partial charge < -0.3 is 5.32 Å². The Morgan fingerprint density at radius 3 is 2.50 bits per heavy atom. The summed E-state index contributed by atoms with van der Waals surface area (Å²) in [5.41, 5.74) is 3.88. The standard InChI is InChI=1S/C15H21N3.2ClH/c1-12-3-4-13(2)14(11-12)15(5-6-16)18-9-7-17-8-10-18;;/h3-4,11,15,17H,5,7-10H2,1-2H3;2*1H/t15-;;/m1../s1. The molecule has 112 valence electrons. The minimum Gasteiger partial charge on any atom is -0.314 e. The molecule has 1 heterocycles. The van der Waals surface area contributed by atoms with Crippen LogP contribution in [-0.4, -0.2) is 31.1 Å². The number of rotatable bonds is 3. The number of piperazine rings is 1.